The van der Waals surface area contributed by atoms with Gasteiger partial charge in [0.15, 0.2) is 0 Å². The molecule has 24 heavy (non-hydrogen) atoms. The van der Waals surface area contributed by atoms with Gasteiger partial charge in [-0.2, -0.15) is 0 Å². The lowest BCUT2D eigenvalue weighted by atomic mass is 10.0. The minimum atomic E-state index is -0.347. The van der Waals surface area contributed by atoms with E-state index in [2.05, 4.69) is 5.32 Å². The lowest BCUT2D eigenvalue weighted by molar-refractivity contribution is -0.118. The van der Waals surface area contributed by atoms with Crippen LogP contribution in [0.15, 0.2) is 24.3 Å². The minimum absolute atomic E-state index is 0.00883. The Kier molecular flexibility index (Phi) is 5.04. The summed E-state index contributed by atoms with van der Waals surface area (Å²) in [6.45, 7) is 12.9. The van der Waals surface area contributed by atoms with Crippen LogP contribution in [-0.4, -0.2) is 47.0 Å². The highest BCUT2D eigenvalue weighted by Gasteiger charge is 2.34. The van der Waals surface area contributed by atoms with Gasteiger partial charge in [-0.3, -0.25) is 9.59 Å². The van der Waals surface area contributed by atoms with Gasteiger partial charge >= 0.3 is 0 Å². The van der Waals surface area contributed by atoms with Crippen molar-refractivity contribution in [2.24, 2.45) is 0 Å². The molecule has 0 bridgehead atoms. The summed E-state index contributed by atoms with van der Waals surface area (Å²) < 4.78 is 5.84. The van der Waals surface area contributed by atoms with Crippen molar-refractivity contribution >= 4 is 11.8 Å². The van der Waals surface area contributed by atoms with E-state index in [0.29, 0.717) is 24.2 Å². The first-order valence-electron chi connectivity index (χ1n) is 8.36. The van der Waals surface area contributed by atoms with Gasteiger partial charge in [0.25, 0.3) is 11.8 Å². The number of hydrogen-bond acceptors (Lipinski definition) is 3. The zero-order valence-corrected chi connectivity index (χ0v) is 15.5. The van der Waals surface area contributed by atoms with Crippen LogP contribution in [0.4, 0.5) is 0 Å². The quantitative estimate of drug-likeness (QED) is 0.906. The molecule has 0 spiro atoms. The van der Waals surface area contributed by atoms with Crippen LogP contribution in [0, 0.1) is 0 Å². The molecule has 1 aliphatic rings. The number of nitrogens with one attached hydrogen (secondary N) is 1. The summed E-state index contributed by atoms with van der Waals surface area (Å²) in [4.78, 5) is 26.7. The average molecular weight is 332 g/mol. The van der Waals surface area contributed by atoms with Crippen molar-refractivity contribution in [1.29, 1.82) is 0 Å². The molecule has 5 nitrogen and oxygen atoms in total. The second kappa shape index (κ2) is 6.55. The normalized spacial score (nSPS) is 20.6. The van der Waals surface area contributed by atoms with E-state index in [1.54, 1.807) is 24.3 Å². The van der Waals surface area contributed by atoms with Gasteiger partial charge in [0.05, 0.1) is 11.7 Å². The van der Waals surface area contributed by atoms with Gasteiger partial charge in [-0.15, -0.1) is 0 Å². The summed E-state index contributed by atoms with van der Waals surface area (Å²) in [5.74, 6) is -0.163. The third kappa shape index (κ3) is 4.81. The zero-order valence-electron chi connectivity index (χ0n) is 15.5. The molecular formula is C19H28N2O3. The largest absolute Gasteiger partial charge is 0.369 e. The van der Waals surface area contributed by atoms with Crippen LogP contribution in [0.1, 0.15) is 62.3 Å². The molecule has 1 aromatic rings. The van der Waals surface area contributed by atoms with E-state index in [4.69, 9.17) is 4.74 Å². The summed E-state index contributed by atoms with van der Waals surface area (Å²) in [6, 6.07) is 6.83. The predicted molar refractivity (Wildman–Crippen MR) is 94.2 cm³/mol. The Balaban J connectivity index is 2.10. The fourth-order valence-corrected chi connectivity index (χ4v) is 2.97. The van der Waals surface area contributed by atoms with Crippen molar-refractivity contribution in [2.75, 3.05) is 13.1 Å². The van der Waals surface area contributed by atoms with Crippen LogP contribution in [-0.2, 0) is 4.74 Å². The van der Waals surface area contributed by atoms with Gasteiger partial charge in [0, 0.05) is 29.8 Å². The summed E-state index contributed by atoms with van der Waals surface area (Å²) in [5, 5.41) is 2.91. The number of benzene rings is 1. The van der Waals surface area contributed by atoms with Crippen LogP contribution in [0.25, 0.3) is 0 Å². The molecular weight excluding hydrogens is 304 g/mol. The molecule has 2 amide bonds. The maximum absolute atomic E-state index is 12.7. The molecule has 0 radical (unpaired) electrons. The maximum atomic E-state index is 12.7. The lowest BCUT2D eigenvalue weighted by Crippen LogP contribution is -2.53. The second-order valence-corrected chi connectivity index (χ2v) is 8.16. The first-order chi connectivity index (χ1) is 11.0. The molecule has 0 unspecified atom stereocenters. The number of carbonyl (C=O) groups excluding carboxylic acids is 2. The molecule has 1 aromatic carbocycles. The van der Waals surface area contributed by atoms with Crippen molar-refractivity contribution in [3.8, 4) is 0 Å². The molecule has 132 valence electrons. The van der Waals surface area contributed by atoms with Crippen molar-refractivity contribution in [3.63, 3.8) is 0 Å². The highest BCUT2D eigenvalue weighted by atomic mass is 16.5. The number of nitrogens with zero attached hydrogens (tertiary/aromatic N) is 1. The van der Waals surface area contributed by atoms with Gasteiger partial charge in [0.2, 0.25) is 0 Å². The van der Waals surface area contributed by atoms with Gasteiger partial charge in [-0.25, -0.2) is 0 Å². The Morgan fingerprint density at radius 3 is 2.21 bits per heavy atom. The molecule has 1 N–H and O–H groups in total. The van der Waals surface area contributed by atoms with Crippen LogP contribution in [0.5, 0.6) is 0 Å². The van der Waals surface area contributed by atoms with Gasteiger partial charge in [-0.05, 0) is 65.8 Å². The Labute approximate surface area is 144 Å². The van der Waals surface area contributed by atoms with E-state index in [-0.39, 0.29) is 29.1 Å². The zero-order chi connectivity index (χ0) is 18.1. The van der Waals surface area contributed by atoms with E-state index in [0.717, 1.165) is 0 Å². The molecule has 0 aliphatic carbocycles. The van der Waals surface area contributed by atoms with Crippen LogP contribution in [0.2, 0.25) is 0 Å². The summed E-state index contributed by atoms with van der Waals surface area (Å²) in [5.41, 5.74) is 0.505. The van der Waals surface area contributed by atoms with Gasteiger partial charge < -0.3 is 15.0 Å². The molecule has 1 saturated heterocycles. The average Bonchev–Trinajstić information content (AvgIpc) is 2.42. The lowest BCUT2D eigenvalue weighted by Gasteiger charge is -2.41. The molecule has 1 fully saturated rings. The van der Waals surface area contributed by atoms with Crippen LogP contribution in [0.3, 0.4) is 0 Å². The van der Waals surface area contributed by atoms with Gasteiger partial charge in [0.1, 0.15) is 0 Å². The molecule has 1 heterocycles. The monoisotopic (exact) mass is 332 g/mol. The topological polar surface area (TPSA) is 58.6 Å². The van der Waals surface area contributed by atoms with Crippen molar-refractivity contribution in [3.05, 3.63) is 35.4 Å². The van der Waals surface area contributed by atoms with E-state index in [1.165, 1.54) is 0 Å². The molecule has 1 atom stereocenters. The fourth-order valence-electron chi connectivity index (χ4n) is 2.97. The Morgan fingerprint density at radius 1 is 1.17 bits per heavy atom. The van der Waals surface area contributed by atoms with E-state index < -0.39 is 0 Å². The number of carbonyl (C=O) groups is 2. The number of ether oxygens (including phenoxy) is 1. The van der Waals surface area contributed by atoms with E-state index in [1.807, 2.05) is 46.4 Å². The fraction of sp³-hybridized carbons (Fsp3) is 0.579. The van der Waals surface area contributed by atoms with E-state index in [9.17, 15) is 9.59 Å². The number of amides is 2. The summed E-state index contributed by atoms with van der Waals surface area (Å²) >= 11 is 0. The standard InChI is InChI=1S/C19H28N2O3/c1-13-11-21(12-19(5,6)24-13)17(23)15-9-7-14(8-10-15)16(22)20-18(2,3)4/h7-10,13H,11-12H2,1-6H3,(H,20,22)/t13-/m0/s1. The van der Waals surface area contributed by atoms with Crippen molar-refractivity contribution < 1.29 is 14.3 Å². The highest BCUT2D eigenvalue weighted by molar-refractivity contribution is 5.98. The predicted octanol–water partition coefficient (Wildman–Crippen LogP) is 2.85. The van der Waals surface area contributed by atoms with Crippen molar-refractivity contribution in [2.45, 2.75) is 58.8 Å². The molecule has 2 rings (SSSR count). The first kappa shape index (κ1) is 18.5. The summed E-state index contributed by atoms with van der Waals surface area (Å²) in [6.07, 6.45) is 0.00883. The molecule has 0 saturated carbocycles. The third-order valence-corrected chi connectivity index (χ3v) is 3.74. The molecule has 0 aromatic heterocycles. The second-order valence-electron chi connectivity index (χ2n) is 8.16. The SMILES string of the molecule is C[C@H]1CN(C(=O)c2ccc(C(=O)NC(C)(C)C)cc2)CC(C)(C)O1. The highest BCUT2D eigenvalue weighted by Crippen LogP contribution is 2.22. The van der Waals surface area contributed by atoms with Crippen LogP contribution < -0.4 is 5.32 Å². The number of rotatable bonds is 2. The van der Waals surface area contributed by atoms with Crippen molar-refractivity contribution in [1.82, 2.24) is 10.2 Å². The Bertz CT molecular complexity index is 614. The smallest absolute Gasteiger partial charge is 0.254 e. The Hall–Kier alpha value is -1.88. The molecule has 1 aliphatic heterocycles. The molecule has 5 heteroatoms. The Morgan fingerprint density at radius 2 is 1.71 bits per heavy atom. The van der Waals surface area contributed by atoms with Crippen LogP contribution >= 0.6 is 0 Å². The third-order valence-electron chi connectivity index (χ3n) is 3.74. The first-order valence-corrected chi connectivity index (χ1v) is 8.36. The minimum Gasteiger partial charge on any atom is -0.369 e. The summed E-state index contributed by atoms with van der Waals surface area (Å²) in [7, 11) is 0. The van der Waals surface area contributed by atoms with E-state index >= 15 is 0 Å². The number of morpholine rings is 1. The number of hydrogen-bond donors (Lipinski definition) is 1. The maximum Gasteiger partial charge on any atom is 0.254 e. The van der Waals surface area contributed by atoms with Gasteiger partial charge in [-0.1, -0.05) is 0 Å².